The van der Waals surface area contributed by atoms with E-state index in [0.29, 0.717) is 10.8 Å². The number of halogens is 2. The average Bonchev–Trinajstić information content (AvgIpc) is 4.02. The van der Waals surface area contributed by atoms with Gasteiger partial charge in [0, 0.05) is 0 Å². The van der Waals surface area contributed by atoms with Crippen LogP contribution in [-0.2, 0) is 36.2 Å². The summed E-state index contributed by atoms with van der Waals surface area (Å²) in [5, 5.41) is 8.76. The van der Waals surface area contributed by atoms with Crippen molar-refractivity contribution in [2.45, 2.75) is 156 Å². The fourth-order valence-electron chi connectivity index (χ4n) is 10.8. The van der Waals surface area contributed by atoms with Crippen LogP contribution < -0.4 is 35.2 Å². The second kappa shape index (κ2) is 23.1. The molecule has 2 aliphatic carbocycles. The van der Waals surface area contributed by atoms with E-state index in [0.717, 1.165) is 0 Å². The maximum absolute atomic E-state index is 2.49. The number of hydrogen-bond donors (Lipinski definition) is 0. The Morgan fingerprint density at radius 3 is 1.15 bits per heavy atom. The molecule has 0 atom stereocenters. The molecule has 2 aliphatic rings. The summed E-state index contributed by atoms with van der Waals surface area (Å²) in [6.07, 6.45) is 19.3. The summed E-state index contributed by atoms with van der Waals surface area (Å²) in [4.78, 5) is 0. The summed E-state index contributed by atoms with van der Waals surface area (Å²) in [7, 11) is -2.49. The first kappa shape index (κ1) is 52.8. The molecule has 2 saturated carbocycles. The van der Waals surface area contributed by atoms with E-state index in [9.17, 15) is 0 Å². The van der Waals surface area contributed by atoms with E-state index in [1.807, 2.05) is 0 Å². The first-order chi connectivity index (χ1) is 28.5. The van der Waals surface area contributed by atoms with Crippen LogP contribution >= 0.6 is 0 Å². The molecule has 0 aliphatic heterocycles. The van der Waals surface area contributed by atoms with Gasteiger partial charge in [-0.15, -0.1) is 69.1 Å². The maximum atomic E-state index is 2.49. The van der Waals surface area contributed by atoms with Gasteiger partial charge in [-0.05, 0) is 73.3 Å². The van der Waals surface area contributed by atoms with Gasteiger partial charge in [-0.2, -0.15) is 12.1 Å². The van der Waals surface area contributed by atoms with Crippen molar-refractivity contribution in [2.75, 3.05) is 0 Å². The van der Waals surface area contributed by atoms with Crippen molar-refractivity contribution < 1.29 is 48.1 Å². The van der Waals surface area contributed by atoms with E-state index in [1.165, 1.54) is 144 Å². The van der Waals surface area contributed by atoms with Crippen molar-refractivity contribution >= 4 is 53.5 Å². The third kappa shape index (κ3) is 13.6. The largest absolute Gasteiger partial charge is 1.00 e. The van der Waals surface area contributed by atoms with E-state index in [2.05, 4.69) is 175 Å². The summed E-state index contributed by atoms with van der Waals surface area (Å²) in [6, 6.07) is 42.3. The van der Waals surface area contributed by atoms with Gasteiger partial charge in [0.25, 0.3) is 0 Å². The first-order valence-corrected chi connectivity index (χ1v) is 36.8. The minimum absolute atomic E-state index is 0. The molecule has 62 heavy (non-hydrogen) atoms. The Balaban J connectivity index is 0.000000244. The van der Waals surface area contributed by atoms with Crippen molar-refractivity contribution in [1.82, 2.24) is 0 Å². The second-order valence-electron chi connectivity index (χ2n) is 21.3. The van der Waals surface area contributed by atoms with E-state index >= 15 is 0 Å². The molecule has 0 bridgehead atoms. The molecule has 0 heterocycles. The minimum atomic E-state index is -1.24. The molecule has 0 amide bonds. The van der Waals surface area contributed by atoms with Gasteiger partial charge in [0.15, 0.2) is 0 Å². The standard InChI is InChI=1S/2C27H35Si.C2H6Si.2ClH.Zr/c2*1-5-15-27(16-6-7-17-27)20-21-18-23-9-8-10-25(26(23)19-21)22-11-13-24(14-12-22)28(2,3)4;1-3-2;;;/h2*8-14,18-19H,5-7,15-17,20H2,1-4H3;1-2H3;2*1H;/q2*-1;;;;+2/p-2. The molecule has 332 valence electrons. The third-order valence-corrected chi connectivity index (χ3v) is 17.9. The van der Waals surface area contributed by atoms with Crippen LogP contribution in [0.5, 0.6) is 0 Å². The predicted octanol–water partition coefficient (Wildman–Crippen LogP) is 10.1. The Morgan fingerprint density at radius 2 is 0.855 bits per heavy atom. The molecule has 6 aromatic carbocycles. The molecule has 2 fully saturated rings. The van der Waals surface area contributed by atoms with Crippen molar-refractivity contribution in [1.29, 1.82) is 0 Å². The van der Waals surface area contributed by atoms with Gasteiger partial charge >= 0.3 is 41.9 Å². The van der Waals surface area contributed by atoms with E-state index in [1.54, 1.807) is 34.5 Å². The third-order valence-electron chi connectivity index (χ3n) is 13.8. The van der Waals surface area contributed by atoms with Crippen molar-refractivity contribution in [2.24, 2.45) is 10.8 Å². The quantitative estimate of drug-likeness (QED) is 0.0847. The number of rotatable bonds is 12. The second-order valence-corrected chi connectivity index (χ2v) is 40.8. The van der Waals surface area contributed by atoms with Crippen molar-refractivity contribution in [3.8, 4) is 22.3 Å². The summed E-state index contributed by atoms with van der Waals surface area (Å²) in [5.74, 6) is 0. The van der Waals surface area contributed by atoms with Crippen LogP contribution in [0.15, 0.2) is 109 Å². The Labute approximate surface area is 407 Å². The van der Waals surface area contributed by atoms with E-state index < -0.39 is 16.1 Å². The molecule has 0 spiro atoms. The van der Waals surface area contributed by atoms with Crippen molar-refractivity contribution in [3.05, 3.63) is 120 Å². The Bertz CT molecular complexity index is 2140. The van der Waals surface area contributed by atoms with Gasteiger partial charge in [0.2, 0.25) is 0 Å². The molecule has 0 nitrogen and oxygen atoms in total. The summed E-state index contributed by atoms with van der Waals surface area (Å²) >= 11 is 1.74. The molecule has 0 N–H and O–H groups in total. The van der Waals surface area contributed by atoms with E-state index in [4.69, 9.17) is 0 Å². The zero-order chi connectivity index (χ0) is 43.1. The van der Waals surface area contributed by atoms with E-state index in [-0.39, 0.29) is 30.2 Å². The number of fused-ring (bicyclic) bond motifs is 2. The summed E-state index contributed by atoms with van der Waals surface area (Å²) in [5.41, 5.74) is 9.94. The molecule has 6 aromatic rings. The van der Waals surface area contributed by atoms with Gasteiger partial charge in [0.1, 0.15) is 0 Å². The SMILES string of the molecule is CCCC1(Cc2cc3c(-c4ccc([Si](C)(C)C)cc4)cccc3[cH-]2)CCCC1.CCCC1(Cc2cc3c(-c4ccc([Si](C)(C)C)cc4)cccc3[cH-]2)CCCC1.C[Si](C)=[Zr+2].[Cl-].[Cl-]. The van der Waals surface area contributed by atoms with Gasteiger partial charge in [-0.25, -0.2) is 0 Å². The smallest absolute Gasteiger partial charge is 1.00 e. The van der Waals surface area contributed by atoms with Crippen LogP contribution in [0.2, 0.25) is 52.4 Å². The van der Waals surface area contributed by atoms with Gasteiger partial charge in [-0.1, -0.05) is 174 Å². The summed E-state index contributed by atoms with van der Waals surface area (Å²) in [6.45, 7) is 23.8. The van der Waals surface area contributed by atoms with Crippen LogP contribution in [0.25, 0.3) is 43.8 Å². The Hall–Kier alpha value is -1.79. The topological polar surface area (TPSA) is 0 Å². The molecular weight excluding hydrogens is 919 g/mol. The molecule has 0 saturated heterocycles. The van der Waals surface area contributed by atoms with Gasteiger partial charge < -0.3 is 24.8 Å². The first-order valence-electron chi connectivity index (χ1n) is 23.6. The average molecular weight is 996 g/mol. The molecule has 0 radical (unpaired) electrons. The Kier molecular flexibility index (Phi) is 19.7. The Morgan fingerprint density at radius 1 is 0.532 bits per heavy atom. The van der Waals surface area contributed by atoms with Crippen LogP contribution in [0.3, 0.4) is 0 Å². The number of benzene rings is 4. The van der Waals surface area contributed by atoms with Gasteiger partial charge in [-0.3, -0.25) is 0 Å². The van der Waals surface area contributed by atoms with Crippen LogP contribution in [-0.4, -0.2) is 21.6 Å². The fraction of sp³-hybridized carbons (Fsp3) is 0.464. The molecule has 6 heteroatoms. The zero-order valence-corrected chi connectivity index (χ0v) is 47.0. The molecular formula is C56H76Cl2Si3Zr-2. The summed E-state index contributed by atoms with van der Waals surface area (Å²) < 4.78 is 0. The van der Waals surface area contributed by atoms with Crippen LogP contribution in [0.1, 0.15) is 102 Å². The molecule has 0 unspecified atom stereocenters. The zero-order valence-electron chi connectivity index (χ0n) is 40.0. The normalized spacial score (nSPS) is 15.5. The molecule has 0 aromatic heterocycles. The predicted molar refractivity (Wildman–Crippen MR) is 272 cm³/mol. The monoisotopic (exact) mass is 992 g/mol. The van der Waals surface area contributed by atoms with Crippen LogP contribution in [0.4, 0.5) is 0 Å². The van der Waals surface area contributed by atoms with Crippen molar-refractivity contribution in [3.63, 3.8) is 0 Å². The minimum Gasteiger partial charge on any atom is -1.00 e. The van der Waals surface area contributed by atoms with Crippen LogP contribution in [0, 0.1) is 10.8 Å². The van der Waals surface area contributed by atoms with Gasteiger partial charge in [0.05, 0.1) is 16.1 Å². The fourth-order valence-corrected chi connectivity index (χ4v) is 13.1. The maximum Gasteiger partial charge on any atom is -1.00 e. The molecule has 8 rings (SSSR count). The number of hydrogen-bond acceptors (Lipinski definition) is 0.